The van der Waals surface area contributed by atoms with E-state index < -0.39 is 11.7 Å². The van der Waals surface area contributed by atoms with E-state index in [0.717, 1.165) is 25.1 Å². The smallest absolute Gasteiger partial charge is 0.319 e. The van der Waals surface area contributed by atoms with Crippen molar-refractivity contribution in [2.45, 2.75) is 12.6 Å². The highest BCUT2D eigenvalue weighted by Gasteiger charge is 2.30. The van der Waals surface area contributed by atoms with E-state index in [4.69, 9.17) is 0 Å². The Morgan fingerprint density at radius 3 is 2.69 bits per heavy atom. The molecule has 1 N–H and O–H groups in total. The van der Waals surface area contributed by atoms with Crippen molar-refractivity contribution in [1.82, 2.24) is 5.32 Å². The van der Waals surface area contributed by atoms with Crippen LogP contribution < -0.4 is 5.32 Å². The Hall–Kier alpha value is -1.29. The molecule has 88 valence electrons. The lowest BCUT2D eigenvalue weighted by Gasteiger charge is -2.06. The van der Waals surface area contributed by atoms with Crippen LogP contribution in [0, 0.1) is 0 Å². The van der Waals surface area contributed by atoms with Crippen LogP contribution in [-0.4, -0.2) is 13.6 Å². The normalized spacial score (nSPS) is 12.2. The first kappa shape index (κ1) is 12.8. The maximum Gasteiger partial charge on any atom is 0.416 e. The van der Waals surface area contributed by atoms with Crippen molar-refractivity contribution in [3.05, 3.63) is 41.5 Å². The van der Waals surface area contributed by atoms with E-state index in [2.05, 4.69) is 5.32 Å². The zero-order valence-electron chi connectivity index (χ0n) is 9.01. The van der Waals surface area contributed by atoms with Gasteiger partial charge in [0, 0.05) is 0 Å². The Bertz CT molecular complexity index is 356. The molecule has 0 aromatic heterocycles. The van der Waals surface area contributed by atoms with E-state index >= 15 is 0 Å². The Morgan fingerprint density at radius 2 is 2.06 bits per heavy atom. The molecule has 0 spiro atoms. The van der Waals surface area contributed by atoms with Crippen molar-refractivity contribution in [3.8, 4) is 0 Å². The Morgan fingerprint density at radius 1 is 1.31 bits per heavy atom. The number of hydrogen-bond donors (Lipinski definition) is 1. The van der Waals surface area contributed by atoms with E-state index in [-0.39, 0.29) is 0 Å². The van der Waals surface area contributed by atoms with Crippen LogP contribution in [0.25, 0.3) is 6.08 Å². The van der Waals surface area contributed by atoms with Crippen molar-refractivity contribution < 1.29 is 13.2 Å². The zero-order chi connectivity index (χ0) is 12.0. The fourth-order valence-corrected chi connectivity index (χ4v) is 1.27. The third-order valence-corrected chi connectivity index (χ3v) is 2.09. The Labute approximate surface area is 93.0 Å². The molecule has 0 heterocycles. The van der Waals surface area contributed by atoms with Gasteiger partial charge in [-0.05, 0) is 37.7 Å². The third kappa shape index (κ3) is 4.06. The fourth-order valence-electron chi connectivity index (χ4n) is 1.27. The van der Waals surface area contributed by atoms with Gasteiger partial charge in [-0.1, -0.05) is 24.3 Å². The van der Waals surface area contributed by atoms with Crippen LogP contribution >= 0.6 is 0 Å². The van der Waals surface area contributed by atoms with Gasteiger partial charge >= 0.3 is 6.18 Å². The van der Waals surface area contributed by atoms with E-state index in [0.29, 0.717) is 5.56 Å². The first-order valence-corrected chi connectivity index (χ1v) is 5.02. The summed E-state index contributed by atoms with van der Waals surface area (Å²) in [4.78, 5) is 0. The molecule has 0 aliphatic rings. The lowest BCUT2D eigenvalue weighted by atomic mass is 10.1. The van der Waals surface area contributed by atoms with Gasteiger partial charge in [0.05, 0.1) is 5.56 Å². The minimum atomic E-state index is -4.27. The molecular weight excluding hydrogens is 215 g/mol. The highest BCUT2D eigenvalue weighted by molar-refractivity contribution is 5.50. The number of nitrogens with one attached hydrogen (secondary N) is 1. The lowest BCUT2D eigenvalue weighted by molar-refractivity contribution is -0.137. The SMILES string of the molecule is CNCCC=Cc1cccc(C(F)(F)F)c1. The average molecular weight is 229 g/mol. The van der Waals surface area contributed by atoms with Crippen molar-refractivity contribution in [1.29, 1.82) is 0 Å². The predicted molar refractivity (Wildman–Crippen MR) is 59.0 cm³/mol. The quantitative estimate of drug-likeness (QED) is 0.781. The molecule has 4 heteroatoms. The molecule has 0 aliphatic carbocycles. The lowest BCUT2D eigenvalue weighted by Crippen LogP contribution is -2.05. The van der Waals surface area contributed by atoms with Crippen molar-refractivity contribution in [2.75, 3.05) is 13.6 Å². The zero-order valence-corrected chi connectivity index (χ0v) is 9.01. The molecule has 0 aliphatic heterocycles. The number of hydrogen-bond acceptors (Lipinski definition) is 1. The molecule has 1 rings (SSSR count). The van der Waals surface area contributed by atoms with Crippen LogP contribution in [-0.2, 0) is 6.18 Å². The van der Waals surface area contributed by atoms with Gasteiger partial charge in [-0.2, -0.15) is 13.2 Å². The predicted octanol–water partition coefficient (Wildman–Crippen LogP) is 3.33. The van der Waals surface area contributed by atoms with E-state index in [1.807, 2.05) is 13.1 Å². The van der Waals surface area contributed by atoms with Crippen LogP contribution in [0.3, 0.4) is 0 Å². The van der Waals surface area contributed by atoms with Crippen LogP contribution in [0.5, 0.6) is 0 Å². The standard InChI is InChI=1S/C12H14F3N/c1-16-8-3-2-5-10-6-4-7-11(9-10)12(13,14)15/h2,4-7,9,16H,3,8H2,1H3. The minimum Gasteiger partial charge on any atom is -0.319 e. The molecule has 1 aromatic rings. The van der Waals surface area contributed by atoms with Gasteiger partial charge in [0.2, 0.25) is 0 Å². The summed E-state index contributed by atoms with van der Waals surface area (Å²) in [5.41, 5.74) is -0.0332. The average Bonchev–Trinajstić information content (AvgIpc) is 2.24. The molecule has 0 bridgehead atoms. The van der Waals surface area contributed by atoms with E-state index in [1.165, 1.54) is 6.07 Å². The van der Waals surface area contributed by atoms with Crippen LogP contribution in [0.1, 0.15) is 17.5 Å². The second-order valence-electron chi connectivity index (χ2n) is 3.42. The molecule has 0 fully saturated rings. The summed E-state index contributed by atoms with van der Waals surface area (Å²) in [6, 6.07) is 5.30. The maximum atomic E-state index is 12.4. The topological polar surface area (TPSA) is 12.0 Å². The van der Waals surface area contributed by atoms with Gasteiger partial charge in [0.15, 0.2) is 0 Å². The first-order chi connectivity index (χ1) is 7.54. The van der Waals surface area contributed by atoms with Gasteiger partial charge in [0.25, 0.3) is 0 Å². The van der Waals surface area contributed by atoms with Crippen molar-refractivity contribution in [3.63, 3.8) is 0 Å². The molecule has 1 aromatic carbocycles. The number of rotatable bonds is 4. The minimum absolute atomic E-state index is 0.575. The third-order valence-electron chi connectivity index (χ3n) is 2.09. The molecule has 0 saturated heterocycles. The van der Waals surface area contributed by atoms with Gasteiger partial charge in [-0.25, -0.2) is 0 Å². The molecule has 1 nitrogen and oxygen atoms in total. The highest BCUT2D eigenvalue weighted by Crippen LogP contribution is 2.29. The summed E-state index contributed by atoms with van der Waals surface area (Å²) in [6.45, 7) is 0.815. The summed E-state index contributed by atoms with van der Waals surface area (Å²) in [5.74, 6) is 0. The molecule has 0 atom stereocenters. The first-order valence-electron chi connectivity index (χ1n) is 5.02. The maximum absolute atomic E-state index is 12.4. The van der Waals surface area contributed by atoms with Gasteiger partial charge < -0.3 is 5.32 Å². The van der Waals surface area contributed by atoms with Gasteiger partial charge in [0.1, 0.15) is 0 Å². The number of halogens is 3. The Kier molecular flexibility index (Phi) is 4.55. The molecule has 0 saturated carbocycles. The summed E-state index contributed by atoms with van der Waals surface area (Å²) in [6.07, 6.45) is 0.0835. The fraction of sp³-hybridized carbons (Fsp3) is 0.333. The molecular formula is C12H14F3N. The molecule has 0 radical (unpaired) electrons. The number of alkyl halides is 3. The summed E-state index contributed by atoms with van der Waals surface area (Å²) < 4.78 is 37.1. The van der Waals surface area contributed by atoms with Crippen LogP contribution in [0.4, 0.5) is 13.2 Å². The second-order valence-corrected chi connectivity index (χ2v) is 3.42. The summed E-state index contributed by atoms with van der Waals surface area (Å²) in [5, 5.41) is 2.96. The second kappa shape index (κ2) is 5.70. The molecule has 16 heavy (non-hydrogen) atoms. The number of benzene rings is 1. The summed E-state index contributed by atoms with van der Waals surface area (Å²) in [7, 11) is 1.83. The largest absolute Gasteiger partial charge is 0.416 e. The van der Waals surface area contributed by atoms with Crippen LogP contribution in [0.15, 0.2) is 30.3 Å². The summed E-state index contributed by atoms with van der Waals surface area (Å²) >= 11 is 0. The van der Waals surface area contributed by atoms with E-state index in [1.54, 1.807) is 12.1 Å². The van der Waals surface area contributed by atoms with Gasteiger partial charge in [-0.15, -0.1) is 0 Å². The highest BCUT2D eigenvalue weighted by atomic mass is 19.4. The molecule has 0 amide bonds. The van der Waals surface area contributed by atoms with E-state index in [9.17, 15) is 13.2 Å². The van der Waals surface area contributed by atoms with Crippen LogP contribution in [0.2, 0.25) is 0 Å². The van der Waals surface area contributed by atoms with Gasteiger partial charge in [-0.3, -0.25) is 0 Å². The van der Waals surface area contributed by atoms with Crippen molar-refractivity contribution in [2.24, 2.45) is 0 Å². The Balaban J connectivity index is 2.71. The monoisotopic (exact) mass is 229 g/mol. The van der Waals surface area contributed by atoms with Crippen molar-refractivity contribution >= 4 is 6.08 Å². The molecule has 0 unspecified atom stereocenters.